The van der Waals surface area contributed by atoms with E-state index in [9.17, 15) is 9.59 Å². The number of hydrogen-bond donors (Lipinski definition) is 1. The number of benzene rings is 2. The summed E-state index contributed by atoms with van der Waals surface area (Å²) in [6.45, 7) is 2.28. The van der Waals surface area contributed by atoms with Crippen LogP contribution in [-0.2, 0) is 19.7 Å². The number of ketones is 1. The van der Waals surface area contributed by atoms with Crippen molar-refractivity contribution < 1.29 is 14.3 Å². The Labute approximate surface area is 167 Å². The summed E-state index contributed by atoms with van der Waals surface area (Å²) in [6, 6.07) is 12.7. The first kappa shape index (κ1) is 18.5. The van der Waals surface area contributed by atoms with Crippen molar-refractivity contribution in [2.45, 2.75) is 37.2 Å². The number of amides is 1. The maximum Gasteiger partial charge on any atom is 0.238 e. The molecule has 0 radical (unpaired) electrons. The van der Waals surface area contributed by atoms with Crippen molar-refractivity contribution in [1.82, 2.24) is 0 Å². The van der Waals surface area contributed by atoms with E-state index in [2.05, 4.69) is 5.32 Å². The van der Waals surface area contributed by atoms with Crippen molar-refractivity contribution in [3.63, 3.8) is 0 Å². The second-order valence-electron chi connectivity index (χ2n) is 7.01. The molecule has 0 saturated heterocycles. The van der Waals surface area contributed by atoms with Gasteiger partial charge in [-0.2, -0.15) is 0 Å². The molecule has 140 valence electrons. The molecule has 1 aliphatic carbocycles. The molecule has 1 fully saturated rings. The highest BCUT2D eigenvalue weighted by Gasteiger charge is 2.61. The maximum atomic E-state index is 13.4. The molecule has 0 aromatic heterocycles. The van der Waals surface area contributed by atoms with Crippen LogP contribution in [0.4, 0.5) is 5.69 Å². The molecule has 6 heteroatoms. The van der Waals surface area contributed by atoms with Crippen LogP contribution in [0.25, 0.3) is 0 Å². The van der Waals surface area contributed by atoms with Crippen LogP contribution in [0, 0.1) is 0 Å². The molecular weight excluding hydrogens is 385 g/mol. The van der Waals surface area contributed by atoms with Gasteiger partial charge in [-0.1, -0.05) is 35.3 Å². The van der Waals surface area contributed by atoms with Crippen LogP contribution >= 0.6 is 23.2 Å². The molecule has 2 aromatic rings. The first-order chi connectivity index (χ1) is 13.0. The average molecular weight is 404 g/mol. The summed E-state index contributed by atoms with van der Waals surface area (Å²) in [5, 5.41) is 4.09. The third-order valence-electron chi connectivity index (χ3n) is 5.57. The zero-order chi connectivity index (χ0) is 19.2. The Kier molecular flexibility index (Phi) is 4.75. The Hall–Kier alpha value is -1.88. The molecule has 1 spiro atoms. The highest BCUT2D eigenvalue weighted by Crippen LogP contribution is 2.55. The van der Waals surface area contributed by atoms with Crippen molar-refractivity contribution >= 4 is 40.6 Å². The molecule has 1 heterocycles. The minimum absolute atomic E-state index is 0.0762. The molecular formula is C21H19Cl2NO3. The van der Waals surface area contributed by atoms with E-state index in [-0.39, 0.29) is 30.4 Å². The largest absolute Gasteiger partial charge is 0.377 e. The maximum absolute atomic E-state index is 13.4. The minimum Gasteiger partial charge on any atom is -0.377 e. The molecule has 1 saturated carbocycles. The number of carbonyl (C=O) groups is 2. The van der Waals surface area contributed by atoms with Gasteiger partial charge in [0.05, 0.1) is 6.10 Å². The number of hydrogen-bond acceptors (Lipinski definition) is 3. The lowest BCUT2D eigenvalue weighted by atomic mass is 9.59. The van der Waals surface area contributed by atoms with Crippen molar-refractivity contribution in [2.75, 3.05) is 11.9 Å². The Morgan fingerprint density at radius 1 is 1.11 bits per heavy atom. The average Bonchev–Trinajstić information content (AvgIpc) is 2.90. The summed E-state index contributed by atoms with van der Waals surface area (Å²) in [5.41, 5.74) is 1.34. The smallest absolute Gasteiger partial charge is 0.238 e. The fraction of sp³-hybridized carbons (Fsp3) is 0.333. The van der Waals surface area contributed by atoms with Crippen molar-refractivity contribution in [3.8, 4) is 0 Å². The molecule has 4 rings (SSSR count). The Morgan fingerprint density at radius 2 is 1.89 bits per heavy atom. The van der Waals surface area contributed by atoms with E-state index >= 15 is 0 Å². The van der Waals surface area contributed by atoms with E-state index in [1.165, 1.54) is 0 Å². The van der Waals surface area contributed by atoms with Crippen LogP contribution in [0.2, 0.25) is 10.0 Å². The van der Waals surface area contributed by atoms with Gasteiger partial charge in [0.2, 0.25) is 5.91 Å². The third-order valence-corrected chi connectivity index (χ3v) is 6.04. The third kappa shape index (κ3) is 2.87. The van der Waals surface area contributed by atoms with Gasteiger partial charge in [-0.15, -0.1) is 0 Å². The molecule has 1 aliphatic heterocycles. The predicted molar refractivity (Wildman–Crippen MR) is 106 cm³/mol. The lowest BCUT2D eigenvalue weighted by Gasteiger charge is -2.45. The second kappa shape index (κ2) is 6.93. The van der Waals surface area contributed by atoms with E-state index in [4.69, 9.17) is 27.9 Å². The van der Waals surface area contributed by atoms with Gasteiger partial charge in [0.25, 0.3) is 0 Å². The molecule has 27 heavy (non-hydrogen) atoms. The summed E-state index contributed by atoms with van der Waals surface area (Å²) < 4.78 is 5.98. The number of Topliss-reactive ketones (excluding diaryl/α,β-unsaturated/α-hetero) is 1. The topological polar surface area (TPSA) is 55.4 Å². The first-order valence-corrected chi connectivity index (χ1v) is 9.72. The van der Waals surface area contributed by atoms with E-state index in [1.807, 2.05) is 31.2 Å². The highest BCUT2D eigenvalue weighted by atomic mass is 35.5. The van der Waals surface area contributed by atoms with Gasteiger partial charge in [0, 0.05) is 41.1 Å². The number of rotatable bonds is 3. The van der Waals surface area contributed by atoms with Gasteiger partial charge >= 0.3 is 0 Å². The highest BCUT2D eigenvalue weighted by molar-refractivity contribution is 6.31. The SMILES string of the molecule is CCO[C@@H]1CC(=O)C[C@@H](c2cccc(Cl)c2)[C@]12C(=O)Nc1ccc(Cl)cc12. The normalized spacial score (nSPS) is 26.9. The van der Waals surface area contributed by atoms with Gasteiger partial charge in [0.15, 0.2) is 0 Å². The first-order valence-electron chi connectivity index (χ1n) is 8.97. The molecule has 1 N–H and O–H groups in total. The molecule has 3 atom stereocenters. The van der Waals surface area contributed by atoms with E-state index in [1.54, 1.807) is 18.2 Å². The molecule has 2 aliphatic rings. The van der Waals surface area contributed by atoms with Gasteiger partial charge in [0.1, 0.15) is 11.2 Å². The predicted octanol–water partition coefficient (Wildman–Crippen LogP) is 4.74. The molecule has 4 nitrogen and oxygen atoms in total. The molecule has 0 unspecified atom stereocenters. The van der Waals surface area contributed by atoms with E-state index in [0.717, 1.165) is 16.8 Å². The van der Waals surface area contributed by atoms with Gasteiger partial charge < -0.3 is 10.1 Å². The zero-order valence-electron chi connectivity index (χ0n) is 14.8. The van der Waals surface area contributed by atoms with Crippen molar-refractivity contribution in [1.29, 1.82) is 0 Å². The van der Waals surface area contributed by atoms with Gasteiger partial charge in [-0.3, -0.25) is 9.59 Å². The monoisotopic (exact) mass is 403 g/mol. The van der Waals surface area contributed by atoms with Crippen molar-refractivity contribution in [3.05, 3.63) is 63.6 Å². The number of nitrogens with one attached hydrogen (secondary N) is 1. The number of anilines is 1. The second-order valence-corrected chi connectivity index (χ2v) is 7.88. The Bertz CT molecular complexity index is 929. The lowest BCUT2D eigenvalue weighted by Crippen LogP contribution is -2.55. The zero-order valence-corrected chi connectivity index (χ0v) is 16.3. The Morgan fingerprint density at radius 3 is 2.63 bits per heavy atom. The summed E-state index contributed by atoms with van der Waals surface area (Å²) in [4.78, 5) is 26.0. The number of halogens is 2. The minimum atomic E-state index is -1.02. The number of carbonyl (C=O) groups excluding carboxylic acids is 2. The van der Waals surface area contributed by atoms with Gasteiger partial charge in [-0.05, 0) is 48.4 Å². The fourth-order valence-electron chi connectivity index (χ4n) is 4.54. The van der Waals surface area contributed by atoms with Crippen LogP contribution in [0.5, 0.6) is 0 Å². The molecule has 2 aromatic carbocycles. The van der Waals surface area contributed by atoms with Crippen molar-refractivity contribution in [2.24, 2.45) is 0 Å². The fourth-order valence-corrected chi connectivity index (χ4v) is 4.91. The van der Waals surface area contributed by atoms with Crippen LogP contribution in [0.3, 0.4) is 0 Å². The standard InChI is InChI=1S/C21H19Cl2NO3/c1-2-27-19-11-15(25)10-16(12-4-3-5-13(22)8-12)21(19)17-9-14(23)6-7-18(17)24-20(21)26/h3-9,16,19H,2,10-11H2,1H3,(H,24,26)/t16-,19+,21+/m0/s1. The number of fused-ring (bicyclic) bond motifs is 2. The summed E-state index contributed by atoms with van der Waals surface area (Å²) in [7, 11) is 0. The van der Waals surface area contributed by atoms with Crippen LogP contribution in [0.1, 0.15) is 36.8 Å². The van der Waals surface area contributed by atoms with E-state index < -0.39 is 11.5 Å². The molecule has 0 bridgehead atoms. The summed E-state index contributed by atoms with van der Waals surface area (Å²) in [6.07, 6.45) is -0.111. The lowest BCUT2D eigenvalue weighted by molar-refractivity contribution is -0.139. The summed E-state index contributed by atoms with van der Waals surface area (Å²) in [5.74, 6) is -0.461. The van der Waals surface area contributed by atoms with Crippen LogP contribution in [-0.4, -0.2) is 24.4 Å². The van der Waals surface area contributed by atoms with Crippen LogP contribution < -0.4 is 5.32 Å². The van der Waals surface area contributed by atoms with E-state index in [0.29, 0.717) is 16.7 Å². The summed E-state index contributed by atoms with van der Waals surface area (Å²) >= 11 is 12.5. The quantitative estimate of drug-likeness (QED) is 0.805. The van der Waals surface area contributed by atoms with Gasteiger partial charge in [-0.25, -0.2) is 0 Å². The molecule has 1 amide bonds. The Balaban J connectivity index is 1.98. The van der Waals surface area contributed by atoms with Crippen LogP contribution in [0.15, 0.2) is 42.5 Å². The number of ether oxygens (including phenoxy) is 1.